The van der Waals surface area contributed by atoms with E-state index in [4.69, 9.17) is 5.73 Å². The van der Waals surface area contributed by atoms with Gasteiger partial charge in [0.15, 0.2) is 0 Å². The molecular weight excluding hydrogens is 122 g/mol. The largest absolute Gasteiger partial charge is 0.327 e. The minimum Gasteiger partial charge on any atom is -0.327 e. The van der Waals surface area contributed by atoms with Crippen LogP contribution < -0.4 is 5.73 Å². The zero-order valence-corrected chi connectivity index (χ0v) is 5.66. The second kappa shape index (κ2) is 1.89. The first-order valence-corrected chi connectivity index (χ1v) is 3.15. The van der Waals surface area contributed by atoms with Crippen LogP contribution in [0.5, 0.6) is 0 Å². The maximum Gasteiger partial charge on any atom is 0.0102 e. The Morgan fingerprint density at radius 1 is 1.12 bits per heavy atom. The summed E-state index contributed by atoms with van der Waals surface area (Å²) in [5.41, 5.74) is 5.67. The highest BCUT2D eigenvalue weighted by atomic mass is 35.5. The molecule has 0 amide bonds. The van der Waals surface area contributed by atoms with Gasteiger partial charge < -0.3 is 5.73 Å². The van der Waals surface area contributed by atoms with Gasteiger partial charge in [-0.15, -0.1) is 12.4 Å². The number of hydrogen-bond acceptors (Lipinski definition) is 1. The molecule has 0 aromatic heterocycles. The van der Waals surface area contributed by atoms with Gasteiger partial charge >= 0.3 is 0 Å². The van der Waals surface area contributed by atoms with Gasteiger partial charge in [-0.05, 0) is 24.7 Å². The Labute approximate surface area is 56.0 Å². The van der Waals surface area contributed by atoms with Crippen LogP contribution in [0, 0.1) is 11.8 Å². The number of rotatable bonds is 0. The molecular formula is C6H12ClN. The topological polar surface area (TPSA) is 26.0 Å². The molecule has 0 bridgehead atoms. The molecule has 2 rings (SSSR count). The maximum atomic E-state index is 5.67. The van der Waals surface area contributed by atoms with Crippen LogP contribution in [0.2, 0.25) is 0 Å². The summed E-state index contributed by atoms with van der Waals surface area (Å²) in [7, 11) is 0. The first kappa shape index (κ1) is 6.37. The molecule has 8 heavy (non-hydrogen) atoms. The first-order valence-electron chi connectivity index (χ1n) is 3.15. The molecule has 0 aromatic carbocycles. The molecule has 0 aromatic rings. The Morgan fingerprint density at radius 2 is 1.62 bits per heavy atom. The molecule has 2 atom stereocenters. The molecule has 2 saturated carbocycles. The van der Waals surface area contributed by atoms with Crippen molar-refractivity contribution >= 4 is 12.4 Å². The summed E-state index contributed by atoms with van der Waals surface area (Å²) in [6.45, 7) is 0. The van der Waals surface area contributed by atoms with Crippen molar-refractivity contribution in [3.8, 4) is 0 Å². The Morgan fingerprint density at radius 3 is 1.88 bits per heavy atom. The molecule has 48 valence electrons. The van der Waals surface area contributed by atoms with Crippen molar-refractivity contribution in [1.82, 2.24) is 0 Å². The number of fused-ring (bicyclic) bond motifs is 1. The molecule has 0 radical (unpaired) electrons. The molecule has 2 fully saturated rings. The van der Waals surface area contributed by atoms with Crippen LogP contribution in [-0.2, 0) is 0 Å². The summed E-state index contributed by atoms with van der Waals surface area (Å²) in [5.74, 6) is 1.92. The van der Waals surface area contributed by atoms with Crippen molar-refractivity contribution in [2.75, 3.05) is 0 Å². The molecule has 2 heteroatoms. The van der Waals surface area contributed by atoms with E-state index in [9.17, 15) is 0 Å². The molecule has 2 aliphatic carbocycles. The smallest absolute Gasteiger partial charge is 0.0102 e. The summed E-state index contributed by atoms with van der Waals surface area (Å²) < 4.78 is 0. The van der Waals surface area contributed by atoms with Gasteiger partial charge in [-0.1, -0.05) is 6.42 Å². The van der Waals surface area contributed by atoms with Gasteiger partial charge in [0.1, 0.15) is 0 Å². The summed E-state index contributed by atoms with van der Waals surface area (Å²) in [5, 5.41) is 0. The van der Waals surface area contributed by atoms with E-state index in [0.29, 0.717) is 6.04 Å². The predicted molar refractivity (Wildman–Crippen MR) is 36.1 cm³/mol. The van der Waals surface area contributed by atoms with E-state index in [-0.39, 0.29) is 12.4 Å². The number of nitrogens with two attached hydrogens (primary N) is 1. The van der Waals surface area contributed by atoms with Crippen LogP contribution in [0.3, 0.4) is 0 Å². The van der Waals surface area contributed by atoms with Gasteiger partial charge in [0, 0.05) is 6.04 Å². The first-order chi connectivity index (χ1) is 3.39. The second-order valence-corrected chi connectivity index (χ2v) is 2.84. The highest BCUT2D eigenvalue weighted by Crippen LogP contribution is 2.50. The quantitative estimate of drug-likeness (QED) is 0.528. The Balaban J connectivity index is 0.000000320. The van der Waals surface area contributed by atoms with E-state index in [1.165, 1.54) is 19.3 Å². The van der Waals surface area contributed by atoms with Crippen molar-refractivity contribution in [1.29, 1.82) is 0 Å². The molecule has 2 unspecified atom stereocenters. The van der Waals surface area contributed by atoms with Crippen molar-refractivity contribution in [3.63, 3.8) is 0 Å². The SMILES string of the molecule is Cl.NC1C2CCCC12. The van der Waals surface area contributed by atoms with E-state index in [0.717, 1.165) is 11.8 Å². The molecule has 2 N–H and O–H groups in total. The highest BCUT2D eigenvalue weighted by Gasteiger charge is 2.49. The molecule has 1 nitrogen and oxygen atoms in total. The van der Waals surface area contributed by atoms with E-state index in [1.807, 2.05) is 0 Å². The fourth-order valence-electron chi connectivity index (χ4n) is 1.88. The Kier molecular flexibility index (Phi) is 1.50. The van der Waals surface area contributed by atoms with Crippen molar-refractivity contribution in [3.05, 3.63) is 0 Å². The lowest BCUT2D eigenvalue weighted by atomic mass is 10.2. The average molecular weight is 134 g/mol. The summed E-state index contributed by atoms with van der Waals surface area (Å²) in [6, 6.07) is 0.619. The normalized spacial score (nSPS) is 49.9. The van der Waals surface area contributed by atoms with Crippen LogP contribution in [0.25, 0.3) is 0 Å². The van der Waals surface area contributed by atoms with Crippen molar-refractivity contribution in [2.45, 2.75) is 25.3 Å². The van der Waals surface area contributed by atoms with E-state index in [1.54, 1.807) is 0 Å². The molecule has 0 heterocycles. The van der Waals surface area contributed by atoms with Crippen molar-refractivity contribution in [2.24, 2.45) is 17.6 Å². The van der Waals surface area contributed by atoms with Gasteiger partial charge in [-0.3, -0.25) is 0 Å². The van der Waals surface area contributed by atoms with Crippen LogP contribution in [-0.4, -0.2) is 6.04 Å². The fraction of sp³-hybridized carbons (Fsp3) is 1.00. The summed E-state index contributed by atoms with van der Waals surface area (Å²) in [4.78, 5) is 0. The van der Waals surface area contributed by atoms with Crippen LogP contribution in [0.15, 0.2) is 0 Å². The molecule has 0 saturated heterocycles. The van der Waals surface area contributed by atoms with Crippen LogP contribution >= 0.6 is 12.4 Å². The van der Waals surface area contributed by atoms with Gasteiger partial charge in [0.2, 0.25) is 0 Å². The number of halogens is 1. The zero-order chi connectivity index (χ0) is 4.85. The maximum absolute atomic E-state index is 5.67. The Hall–Kier alpha value is 0.250. The predicted octanol–water partition coefficient (Wildman–Crippen LogP) is 1.17. The monoisotopic (exact) mass is 133 g/mol. The van der Waals surface area contributed by atoms with Gasteiger partial charge in [-0.25, -0.2) is 0 Å². The molecule has 0 spiro atoms. The van der Waals surface area contributed by atoms with Crippen molar-refractivity contribution < 1.29 is 0 Å². The van der Waals surface area contributed by atoms with E-state index >= 15 is 0 Å². The third-order valence-electron chi connectivity index (χ3n) is 2.47. The summed E-state index contributed by atoms with van der Waals surface area (Å²) in [6.07, 6.45) is 4.29. The minimum absolute atomic E-state index is 0. The van der Waals surface area contributed by atoms with Gasteiger partial charge in [0.05, 0.1) is 0 Å². The summed E-state index contributed by atoms with van der Waals surface area (Å²) >= 11 is 0. The minimum atomic E-state index is 0. The zero-order valence-electron chi connectivity index (χ0n) is 4.84. The highest BCUT2D eigenvalue weighted by molar-refractivity contribution is 5.85. The van der Waals surface area contributed by atoms with E-state index in [2.05, 4.69) is 0 Å². The van der Waals surface area contributed by atoms with Crippen LogP contribution in [0.1, 0.15) is 19.3 Å². The molecule has 0 aliphatic heterocycles. The van der Waals surface area contributed by atoms with Crippen LogP contribution in [0.4, 0.5) is 0 Å². The number of hydrogen-bond donors (Lipinski definition) is 1. The Bertz CT molecular complexity index is 84.5. The third-order valence-corrected chi connectivity index (χ3v) is 2.47. The van der Waals surface area contributed by atoms with Gasteiger partial charge in [0.25, 0.3) is 0 Å². The fourth-order valence-corrected chi connectivity index (χ4v) is 1.88. The lowest BCUT2D eigenvalue weighted by Gasteiger charge is -1.90. The van der Waals surface area contributed by atoms with E-state index < -0.39 is 0 Å². The average Bonchev–Trinajstić information content (AvgIpc) is 2.26. The molecule has 2 aliphatic rings. The van der Waals surface area contributed by atoms with Gasteiger partial charge in [-0.2, -0.15) is 0 Å². The second-order valence-electron chi connectivity index (χ2n) is 2.84. The standard InChI is InChI=1S/C6H11N.ClH/c7-6-4-2-1-3-5(4)6;/h4-6H,1-3,7H2;1H. The lowest BCUT2D eigenvalue weighted by Crippen LogP contribution is -2.05. The lowest BCUT2D eigenvalue weighted by molar-refractivity contribution is 0.674. The third kappa shape index (κ3) is 0.652.